The molecule has 5 atom stereocenters. The van der Waals surface area contributed by atoms with E-state index in [0.717, 1.165) is 12.0 Å². The number of esters is 1. The van der Waals surface area contributed by atoms with Gasteiger partial charge in [0.25, 0.3) is 0 Å². The van der Waals surface area contributed by atoms with Gasteiger partial charge in [0, 0.05) is 13.0 Å². The van der Waals surface area contributed by atoms with Crippen LogP contribution in [0.1, 0.15) is 43.9 Å². The molecule has 0 saturated carbocycles. The van der Waals surface area contributed by atoms with Gasteiger partial charge in [0.2, 0.25) is 11.8 Å². The van der Waals surface area contributed by atoms with E-state index in [2.05, 4.69) is 29.7 Å². The van der Waals surface area contributed by atoms with Crippen LogP contribution in [0.3, 0.4) is 0 Å². The lowest BCUT2D eigenvalue weighted by molar-refractivity contribution is -0.144. The fraction of sp³-hybridized carbons (Fsp3) is 0.433. The van der Waals surface area contributed by atoms with Crippen LogP contribution in [0.5, 0.6) is 5.75 Å². The van der Waals surface area contributed by atoms with Gasteiger partial charge in [-0.3, -0.25) is 14.4 Å². The topological polar surface area (TPSA) is 106 Å². The van der Waals surface area contributed by atoms with Crippen molar-refractivity contribution in [3.63, 3.8) is 0 Å². The van der Waals surface area contributed by atoms with Gasteiger partial charge in [-0.2, -0.15) is 0 Å². The first-order chi connectivity index (χ1) is 18.7. The molecule has 1 fully saturated rings. The molecule has 1 aliphatic rings. The van der Waals surface area contributed by atoms with Gasteiger partial charge >= 0.3 is 5.97 Å². The number of carbonyl (C=O) groups is 3. The predicted molar refractivity (Wildman–Crippen MR) is 149 cm³/mol. The van der Waals surface area contributed by atoms with Gasteiger partial charge in [-0.15, -0.1) is 0 Å². The summed E-state index contributed by atoms with van der Waals surface area (Å²) in [7, 11) is 2.82. The number of amides is 2. The van der Waals surface area contributed by atoms with E-state index in [-0.39, 0.29) is 31.1 Å². The van der Waals surface area contributed by atoms with Crippen molar-refractivity contribution in [2.45, 2.75) is 51.4 Å². The highest BCUT2D eigenvalue weighted by molar-refractivity contribution is 6.32. The predicted octanol–water partition coefficient (Wildman–Crippen LogP) is 4.41. The molecule has 0 radical (unpaired) electrons. The summed E-state index contributed by atoms with van der Waals surface area (Å²) >= 11 is 6.25. The van der Waals surface area contributed by atoms with Crippen LogP contribution in [0.4, 0.5) is 0 Å². The van der Waals surface area contributed by atoms with Crippen molar-refractivity contribution in [3.05, 3.63) is 76.8 Å². The van der Waals surface area contributed by atoms with Gasteiger partial charge in [0.05, 0.1) is 31.3 Å². The lowest BCUT2D eigenvalue weighted by Gasteiger charge is -2.19. The Kier molecular flexibility index (Phi) is 11.4. The summed E-state index contributed by atoms with van der Waals surface area (Å²) in [6.07, 6.45) is 5.37. The molecule has 9 heteroatoms. The number of carbonyl (C=O) groups excluding carboxylic acids is 3. The molecule has 0 aromatic heterocycles. The number of ether oxygens (including phenoxy) is 3. The van der Waals surface area contributed by atoms with E-state index in [1.165, 1.54) is 25.9 Å². The Bertz CT molecular complexity index is 1160. The van der Waals surface area contributed by atoms with E-state index in [4.69, 9.17) is 25.8 Å². The molecule has 0 bridgehead atoms. The second-order valence-corrected chi connectivity index (χ2v) is 10.2. The standard InChI is InChI=1S/C30H37ClN2O6/c1-19(27-28(39-27)22-11-6-5-7-12-22)10-8-9-13-26(34)33-24(29(35)32-18-20(2)30(36)38-4)17-21-14-15-25(37-3)23(31)16-21/h5-7,9,11-16,19-20,24,27-28H,8,10,17-18H2,1-4H3,(H,32,35)(H,33,34). The van der Waals surface area contributed by atoms with Gasteiger partial charge in [0.15, 0.2) is 0 Å². The van der Waals surface area contributed by atoms with E-state index >= 15 is 0 Å². The van der Waals surface area contributed by atoms with E-state index in [0.29, 0.717) is 23.1 Å². The molecule has 1 saturated heterocycles. The minimum absolute atomic E-state index is 0.0855. The van der Waals surface area contributed by atoms with Crippen LogP contribution in [-0.2, 0) is 30.3 Å². The van der Waals surface area contributed by atoms with Crippen molar-refractivity contribution in [1.29, 1.82) is 0 Å². The summed E-state index contributed by atoms with van der Waals surface area (Å²) in [4.78, 5) is 37.4. The Morgan fingerprint density at radius 3 is 2.51 bits per heavy atom. The maximum atomic E-state index is 13.0. The van der Waals surface area contributed by atoms with Crippen LogP contribution in [0.25, 0.3) is 0 Å². The molecule has 0 spiro atoms. The van der Waals surface area contributed by atoms with Crippen LogP contribution in [0.15, 0.2) is 60.7 Å². The molecular weight excluding hydrogens is 520 g/mol. The first-order valence-electron chi connectivity index (χ1n) is 13.1. The quantitative estimate of drug-likeness (QED) is 0.203. The number of benzene rings is 2. The van der Waals surface area contributed by atoms with Gasteiger partial charge < -0.3 is 24.8 Å². The third-order valence-electron chi connectivity index (χ3n) is 6.75. The molecule has 2 amide bonds. The summed E-state index contributed by atoms with van der Waals surface area (Å²) < 4.78 is 15.8. The van der Waals surface area contributed by atoms with Crippen molar-refractivity contribution in [3.8, 4) is 5.75 Å². The Hall–Kier alpha value is -3.36. The molecule has 1 heterocycles. The maximum Gasteiger partial charge on any atom is 0.310 e. The zero-order valence-electron chi connectivity index (χ0n) is 22.8. The van der Waals surface area contributed by atoms with E-state index in [1.54, 1.807) is 25.1 Å². The SMILES string of the molecule is COC(=O)C(C)CNC(=O)C(Cc1ccc(OC)c(Cl)c1)NC(=O)C=CCCC(C)C1OC1c1ccccc1. The number of hydrogen-bond donors (Lipinski definition) is 2. The molecule has 2 aromatic rings. The molecule has 5 unspecified atom stereocenters. The van der Waals surface area contributed by atoms with Crippen LogP contribution < -0.4 is 15.4 Å². The fourth-order valence-corrected chi connectivity index (χ4v) is 4.62. The lowest BCUT2D eigenvalue weighted by Crippen LogP contribution is -2.48. The normalized spacial score (nSPS) is 18.6. The van der Waals surface area contributed by atoms with Crippen molar-refractivity contribution >= 4 is 29.4 Å². The Balaban J connectivity index is 1.54. The minimum atomic E-state index is -0.873. The molecule has 1 aliphatic heterocycles. The van der Waals surface area contributed by atoms with Crippen molar-refractivity contribution in [2.24, 2.45) is 11.8 Å². The first-order valence-corrected chi connectivity index (χ1v) is 13.5. The molecule has 8 nitrogen and oxygen atoms in total. The fourth-order valence-electron chi connectivity index (χ4n) is 4.34. The minimum Gasteiger partial charge on any atom is -0.495 e. The van der Waals surface area contributed by atoms with E-state index in [9.17, 15) is 14.4 Å². The zero-order chi connectivity index (χ0) is 28.4. The molecule has 39 heavy (non-hydrogen) atoms. The number of halogens is 1. The van der Waals surface area contributed by atoms with Crippen molar-refractivity contribution in [2.75, 3.05) is 20.8 Å². The highest BCUT2D eigenvalue weighted by Crippen LogP contribution is 2.44. The van der Waals surface area contributed by atoms with Gasteiger partial charge in [-0.05, 0) is 48.1 Å². The van der Waals surface area contributed by atoms with Crippen molar-refractivity contribution in [1.82, 2.24) is 10.6 Å². The first kappa shape index (κ1) is 30.2. The number of allylic oxidation sites excluding steroid dienone is 1. The smallest absolute Gasteiger partial charge is 0.310 e. The van der Waals surface area contributed by atoms with Crippen molar-refractivity contribution < 1.29 is 28.6 Å². The number of nitrogens with one attached hydrogen (secondary N) is 2. The number of epoxide rings is 1. The molecule has 210 valence electrons. The largest absolute Gasteiger partial charge is 0.495 e. The molecular formula is C30H37ClN2O6. The maximum absolute atomic E-state index is 13.0. The second-order valence-electron chi connectivity index (χ2n) is 9.79. The van der Waals surface area contributed by atoms with Gasteiger partial charge in [-0.25, -0.2) is 0 Å². The molecule has 0 aliphatic carbocycles. The molecule has 2 N–H and O–H groups in total. The number of hydrogen-bond acceptors (Lipinski definition) is 6. The van der Waals surface area contributed by atoms with Crippen LogP contribution in [-0.4, -0.2) is 50.7 Å². The Labute approximate surface area is 235 Å². The summed E-state index contributed by atoms with van der Waals surface area (Å²) in [5, 5.41) is 5.91. The number of methoxy groups -OCH3 is 2. The monoisotopic (exact) mass is 556 g/mol. The zero-order valence-corrected chi connectivity index (χ0v) is 23.6. The summed E-state index contributed by atoms with van der Waals surface area (Å²) in [5.74, 6) is -0.885. The van der Waals surface area contributed by atoms with E-state index in [1.807, 2.05) is 24.3 Å². The number of rotatable bonds is 14. The van der Waals surface area contributed by atoms with Crippen LogP contribution in [0.2, 0.25) is 5.02 Å². The van der Waals surface area contributed by atoms with Gasteiger partial charge in [0.1, 0.15) is 17.9 Å². The molecule has 3 rings (SSSR count). The Morgan fingerprint density at radius 2 is 1.85 bits per heavy atom. The lowest BCUT2D eigenvalue weighted by atomic mass is 9.97. The molecule has 2 aromatic carbocycles. The summed E-state index contributed by atoms with van der Waals surface area (Å²) in [6, 6.07) is 14.5. The highest BCUT2D eigenvalue weighted by atomic mass is 35.5. The van der Waals surface area contributed by atoms with Crippen LogP contribution in [0, 0.1) is 11.8 Å². The third kappa shape index (κ3) is 9.11. The van der Waals surface area contributed by atoms with E-state index < -0.39 is 23.8 Å². The Morgan fingerprint density at radius 1 is 1.10 bits per heavy atom. The average Bonchev–Trinajstić information content (AvgIpc) is 3.75. The van der Waals surface area contributed by atoms with Gasteiger partial charge in [-0.1, -0.05) is 67.9 Å². The summed E-state index contributed by atoms with van der Waals surface area (Å²) in [5.41, 5.74) is 1.94. The summed E-state index contributed by atoms with van der Waals surface area (Å²) in [6.45, 7) is 3.89. The average molecular weight is 557 g/mol. The second kappa shape index (κ2) is 14.7. The van der Waals surface area contributed by atoms with Crippen LogP contribution >= 0.6 is 11.6 Å². The highest BCUT2D eigenvalue weighted by Gasteiger charge is 2.43. The third-order valence-corrected chi connectivity index (χ3v) is 7.04.